The molecule has 0 radical (unpaired) electrons. The molecule has 0 spiro atoms. The summed E-state index contributed by atoms with van der Waals surface area (Å²) in [6.07, 6.45) is 0.306. The molecular weight excluding hydrogens is 232 g/mol. The zero-order valence-electron chi connectivity index (χ0n) is 10.3. The molecule has 0 saturated carbocycles. The van der Waals surface area contributed by atoms with Crippen LogP contribution in [-0.4, -0.2) is 30.2 Å². The maximum absolute atomic E-state index is 11.8. The second-order valence-electron chi connectivity index (χ2n) is 4.20. The van der Waals surface area contributed by atoms with Gasteiger partial charge >= 0.3 is 6.09 Å². The molecule has 1 N–H and O–H groups in total. The van der Waals surface area contributed by atoms with Gasteiger partial charge in [0.05, 0.1) is 7.11 Å². The van der Waals surface area contributed by atoms with Crippen molar-refractivity contribution in [3.05, 3.63) is 35.9 Å². The summed E-state index contributed by atoms with van der Waals surface area (Å²) in [6, 6.07) is 9.71. The van der Waals surface area contributed by atoms with E-state index in [-0.39, 0.29) is 12.1 Å². The lowest BCUT2D eigenvalue weighted by Gasteiger charge is -2.25. The van der Waals surface area contributed by atoms with Gasteiger partial charge < -0.3 is 15.0 Å². The van der Waals surface area contributed by atoms with Crippen LogP contribution < -0.4 is 5.32 Å². The van der Waals surface area contributed by atoms with Crippen molar-refractivity contribution in [3.8, 4) is 0 Å². The van der Waals surface area contributed by atoms with E-state index in [0.29, 0.717) is 19.4 Å². The van der Waals surface area contributed by atoms with Gasteiger partial charge in [0.15, 0.2) is 0 Å². The Kier molecular flexibility index (Phi) is 3.82. The fraction of sp³-hybridized carbons (Fsp3) is 0.385. The number of nitrogens with zero attached hydrogens (tertiary/aromatic N) is 1. The molecule has 2 rings (SSSR count). The Hall–Kier alpha value is -2.04. The number of amides is 2. The van der Waals surface area contributed by atoms with E-state index >= 15 is 0 Å². The lowest BCUT2D eigenvalue weighted by atomic mass is 10.2. The molecule has 0 aliphatic carbocycles. The van der Waals surface area contributed by atoms with Gasteiger partial charge in [0.25, 0.3) is 0 Å². The highest BCUT2D eigenvalue weighted by Gasteiger charge is 2.32. The van der Waals surface area contributed by atoms with Gasteiger partial charge in [0.2, 0.25) is 5.91 Å². The minimum atomic E-state index is -0.507. The van der Waals surface area contributed by atoms with Crippen LogP contribution in [0.1, 0.15) is 18.4 Å². The number of benzene rings is 1. The Morgan fingerprint density at radius 1 is 1.44 bits per heavy atom. The Balaban J connectivity index is 2.04. The maximum Gasteiger partial charge on any atom is 0.408 e. The summed E-state index contributed by atoms with van der Waals surface area (Å²) in [4.78, 5) is 24.7. The van der Waals surface area contributed by atoms with Gasteiger partial charge in [-0.15, -0.1) is 0 Å². The smallest absolute Gasteiger partial charge is 0.408 e. The Morgan fingerprint density at radius 2 is 2.17 bits per heavy atom. The zero-order valence-corrected chi connectivity index (χ0v) is 10.3. The first-order chi connectivity index (χ1) is 8.70. The van der Waals surface area contributed by atoms with Crippen molar-refractivity contribution in [2.45, 2.75) is 25.6 Å². The number of rotatable bonds is 3. The molecule has 5 heteroatoms. The maximum atomic E-state index is 11.8. The molecule has 1 fully saturated rings. The minimum Gasteiger partial charge on any atom is -0.453 e. The van der Waals surface area contributed by atoms with Crippen LogP contribution in [0.25, 0.3) is 0 Å². The fourth-order valence-electron chi connectivity index (χ4n) is 2.06. The lowest BCUT2D eigenvalue weighted by molar-refractivity contribution is -0.129. The summed E-state index contributed by atoms with van der Waals surface area (Å²) in [5.41, 5.74) is 1.05. The number of alkyl carbamates (subject to hydrolysis) is 1. The van der Waals surface area contributed by atoms with Gasteiger partial charge in [-0.1, -0.05) is 30.3 Å². The third kappa shape index (κ3) is 2.80. The number of nitrogens with one attached hydrogen (secondary N) is 1. The molecule has 0 bridgehead atoms. The van der Waals surface area contributed by atoms with Gasteiger partial charge in [-0.05, 0) is 12.0 Å². The SMILES string of the molecule is COC(=O)NC1CCC(=O)N1Cc1ccccc1. The van der Waals surface area contributed by atoms with Crippen molar-refractivity contribution in [1.29, 1.82) is 0 Å². The quantitative estimate of drug-likeness (QED) is 0.881. The average Bonchev–Trinajstić information content (AvgIpc) is 2.72. The normalized spacial score (nSPS) is 18.8. The van der Waals surface area contributed by atoms with E-state index in [2.05, 4.69) is 10.1 Å². The predicted molar refractivity (Wildman–Crippen MR) is 65.6 cm³/mol. The summed E-state index contributed by atoms with van der Waals surface area (Å²) in [6.45, 7) is 0.508. The van der Waals surface area contributed by atoms with Crippen LogP contribution in [0.15, 0.2) is 30.3 Å². The fourth-order valence-corrected chi connectivity index (χ4v) is 2.06. The first-order valence-electron chi connectivity index (χ1n) is 5.88. The topological polar surface area (TPSA) is 58.6 Å². The zero-order chi connectivity index (χ0) is 13.0. The van der Waals surface area contributed by atoms with E-state index in [1.807, 2.05) is 30.3 Å². The standard InChI is InChI=1S/C13H16N2O3/c1-18-13(17)14-11-7-8-12(16)15(11)9-10-5-3-2-4-6-10/h2-6,11H,7-9H2,1H3,(H,14,17). The van der Waals surface area contributed by atoms with E-state index in [1.54, 1.807) is 4.90 Å². The van der Waals surface area contributed by atoms with Crippen molar-refractivity contribution >= 4 is 12.0 Å². The first-order valence-corrected chi connectivity index (χ1v) is 5.88. The average molecular weight is 248 g/mol. The van der Waals surface area contributed by atoms with Crippen LogP contribution in [0.4, 0.5) is 4.79 Å². The molecule has 1 atom stereocenters. The molecule has 18 heavy (non-hydrogen) atoms. The molecule has 2 amide bonds. The van der Waals surface area contributed by atoms with Gasteiger partial charge in [0.1, 0.15) is 6.17 Å². The molecule has 1 aliphatic rings. The minimum absolute atomic E-state index is 0.0558. The lowest BCUT2D eigenvalue weighted by Crippen LogP contribution is -2.45. The monoisotopic (exact) mass is 248 g/mol. The molecule has 1 aromatic rings. The number of methoxy groups -OCH3 is 1. The van der Waals surface area contributed by atoms with E-state index in [4.69, 9.17) is 0 Å². The molecule has 0 aromatic heterocycles. The largest absolute Gasteiger partial charge is 0.453 e. The highest BCUT2D eigenvalue weighted by atomic mass is 16.5. The highest BCUT2D eigenvalue weighted by Crippen LogP contribution is 2.19. The molecule has 1 heterocycles. The Morgan fingerprint density at radius 3 is 2.83 bits per heavy atom. The van der Waals surface area contributed by atoms with Crippen LogP contribution in [0.3, 0.4) is 0 Å². The molecule has 1 aliphatic heterocycles. The van der Waals surface area contributed by atoms with E-state index < -0.39 is 6.09 Å². The first kappa shape index (κ1) is 12.4. The molecular formula is C13H16N2O3. The molecule has 5 nitrogen and oxygen atoms in total. The van der Waals surface area contributed by atoms with E-state index in [9.17, 15) is 9.59 Å². The summed E-state index contributed by atoms with van der Waals surface area (Å²) < 4.78 is 4.56. The molecule has 96 valence electrons. The number of carbonyl (C=O) groups excluding carboxylic acids is 2. The predicted octanol–water partition coefficient (Wildman–Crippen LogP) is 1.49. The second-order valence-corrected chi connectivity index (χ2v) is 4.20. The Bertz CT molecular complexity index is 433. The van der Waals surface area contributed by atoms with E-state index in [1.165, 1.54) is 7.11 Å². The third-order valence-corrected chi connectivity index (χ3v) is 2.99. The summed E-state index contributed by atoms with van der Waals surface area (Å²) in [7, 11) is 1.31. The highest BCUT2D eigenvalue weighted by molar-refractivity contribution is 5.79. The number of carbonyl (C=O) groups is 2. The van der Waals surface area contributed by atoms with E-state index in [0.717, 1.165) is 5.56 Å². The second kappa shape index (κ2) is 5.53. The van der Waals surface area contributed by atoms with Gasteiger partial charge in [-0.3, -0.25) is 4.79 Å². The number of hydrogen-bond acceptors (Lipinski definition) is 3. The van der Waals surface area contributed by atoms with Crippen molar-refractivity contribution in [2.75, 3.05) is 7.11 Å². The number of ether oxygens (including phenoxy) is 1. The molecule has 1 unspecified atom stereocenters. The van der Waals surface area contributed by atoms with Crippen LogP contribution in [0.2, 0.25) is 0 Å². The van der Waals surface area contributed by atoms with Gasteiger partial charge in [-0.25, -0.2) is 4.79 Å². The van der Waals surface area contributed by atoms with Crippen molar-refractivity contribution < 1.29 is 14.3 Å². The van der Waals surface area contributed by atoms with Crippen LogP contribution in [-0.2, 0) is 16.1 Å². The number of hydrogen-bond donors (Lipinski definition) is 1. The van der Waals surface area contributed by atoms with Crippen LogP contribution >= 0.6 is 0 Å². The summed E-state index contributed by atoms with van der Waals surface area (Å²) in [5, 5.41) is 2.67. The van der Waals surface area contributed by atoms with Crippen LogP contribution in [0, 0.1) is 0 Å². The third-order valence-electron chi connectivity index (χ3n) is 2.99. The van der Waals surface area contributed by atoms with Gasteiger partial charge in [0, 0.05) is 13.0 Å². The van der Waals surface area contributed by atoms with Gasteiger partial charge in [-0.2, -0.15) is 0 Å². The van der Waals surface area contributed by atoms with Crippen molar-refractivity contribution in [1.82, 2.24) is 10.2 Å². The van der Waals surface area contributed by atoms with Crippen LogP contribution in [0.5, 0.6) is 0 Å². The Labute approximate surface area is 106 Å². The van der Waals surface area contributed by atoms with Crippen molar-refractivity contribution in [3.63, 3.8) is 0 Å². The summed E-state index contributed by atoms with van der Waals surface area (Å²) >= 11 is 0. The molecule has 1 saturated heterocycles. The summed E-state index contributed by atoms with van der Waals surface area (Å²) in [5.74, 6) is 0.0558. The molecule has 1 aromatic carbocycles. The number of likely N-dealkylation sites (tertiary alicyclic amines) is 1. The van der Waals surface area contributed by atoms with Crippen molar-refractivity contribution in [2.24, 2.45) is 0 Å².